The lowest BCUT2D eigenvalue weighted by Gasteiger charge is -2.28. The van der Waals surface area contributed by atoms with Crippen LogP contribution >= 0.6 is 0 Å². The molecule has 1 saturated heterocycles. The van der Waals surface area contributed by atoms with Crippen molar-refractivity contribution >= 4 is 5.91 Å². The average molecular weight is 304 g/mol. The van der Waals surface area contributed by atoms with E-state index in [1.165, 1.54) is 5.56 Å². The number of amides is 1. The van der Waals surface area contributed by atoms with Gasteiger partial charge in [-0.25, -0.2) is 0 Å². The molecule has 0 aliphatic carbocycles. The molecule has 1 fully saturated rings. The largest absolute Gasteiger partial charge is 0.491 e. The number of carbonyl (C=O) groups is 1. The molecule has 4 heteroatoms. The minimum absolute atomic E-state index is 0.0278. The fourth-order valence-electron chi connectivity index (χ4n) is 2.76. The minimum Gasteiger partial charge on any atom is -0.491 e. The third-order valence-corrected chi connectivity index (χ3v) is 4.24. The van der Waals surface area contributed by atoms with E-state index in [0.717, 1.165) is 31.7 Å². The number of carbonyl (C=O) groups excluding carboxylic acids is 1. The van der Waals surface area contributed by atoms with E-state index >= 15 is 0 Å². The molecular formula is C18H28N2O2. The highest BCUT2D eigenvalue weighted by Crippen LogP contribution is 2.19. The number of nitrogens with one attached hydrogen (secondary N) is 1. The smallest absolute Gasteiger partial charge is 0.220 e. The molecule has 1 atom stereocenters. The maximum absolute atomic E-state index is 12.1. The number of rotatable bonds is 6. The molecule has 0 radical (unpaired) electrons. The predicted molar refractivity (Wildman–Crippen MR) is 89.1 cm³/mol. The second-order valence-corrected chi connectivity index (χ2v) is 6.54. The van der Waals surface area contributed by atoms with Crippen LogP contribution in [0.25, 0.3) is 0 Å². The summed E-state index contributed by atoms with van der Waals surface area (Å²) in [6.07, 6.45) is 2.89. The molecule has 122 valence electrons. The summed E-state index contributed by atoms with van der Waals surface area (Å²) in [6, 6.07) is 8.00. The molecule has 2 rings (SSSR count). The summed E-state index contributed by atoms with van der Waals surface area (Å²) < 4.78 is 5.71. The van der Waals surface area contributed by atoms with E-state index in [1.54, 1.807) is 0 Å². The van der Waals surface area contributed by atoms with Crippen LogP contribution in [0.3, 0.4) is 0 Å². The summed E-state index contributed by atoms with van der Waals surface area (Å²) in [7, 11) is 2.14. The molecular weight excluding hydrogens is 276 g/mol. The Labute approximate surface area is 133 Å². The van der Waals surface area contributed by atoms with Crippen molar-refractivity contribution < 1.29 is 9.53 Å². The van der Waals surface area contributed by atoms with Crippen LogP contribution in [0.2, 0.25) is 0 Å². The van der Waals surface area contributed by atoms with E-state index in [2.05, 4.69) is 24.2 Å². The minimum atomic E-state index is 0.0278. The summed E-state index contributed by atoms with van der Waals surface area (Å²) in [6.45, 7) is 6.74. The zero-order chi connectivity index (χ0) is 15.9. The molecule has 22 heavy (non-hydrogen) atoms. The summed E-state index contributed by atoms with van der Waals surface area (Å²) in [4.78, 5) is 14.4. The normalized spacial score (nSPS) is 18.0. The maximum atomic E-state index is 12.1. The molecule has 0 saturated carbocycles. The lowest BCUT2D eigenvalue weighted by molar-refractivity contribution is -0.123. The average Bonchev–Trinajstić information content (AvgIpc) is 2.49. The molecule has 0 aromatic heterocycles. The van der Waals surface area contributed by atoms with Crippen LogP contribution in [-0.2, 0) is 4.79 Å². The van der Waals surface area contributed by atoms with Gasteiger partial charge in [-0.1, -0.05) is 17.7 Å². The van der Waals surface area contributed by atoms with Gasteiger partial charge in [-0.05, 0) is 64.9 Å². The highest BCUT2D eigenvalue weighted by Gasteiger charge is 2.20. The topological polar surface area (TPSA) is 41.6 Å². The van der Waals surface area contributed by atoms with Gasteiger partial charge in [0.25, 0.3) is 0 Å². The maximum Gasteiger partial charge on any atom is 0.220 e. The first kappa shape index (κ1) is 16.8. The number of hydrogen-bond acceptors (Lipinski definition) is 3. The van der Waals surface area contributed by atoms with E-state index in [4.69, 9.17) is 4.74 Å². The van der Waals surface area contributed by atoms with E-state index in [1.807, 2.05) is 31.2 Å². The Bertz CT molecular complexity index is 464. The van der Waals surface area contributed by atoms with Crippen LogP contribution < -0.4 is 10.1 Å². The van der Waals surface area contributed by atoms with Gasteiger partial charge in [0, 0.05) is 6.42 Å². The molecule has 1 N–H and O–H groups in total. The summed E-state index contributed by atoms with van der Waals surface area (Å²) in [5.74, 6) is 1.53. The molecule has 1 aromatic rings. The van der Waals surface area contributed by atoms with Gasteiger partial charge in [0.05, 0.1) is 6.04 Å². The molecule has 1 unspecified atom stereocenters. The monoisotopic (exact) mass is 304 g/mol. The second-order valence-electron chi connectivity index (χ2n) is 6.54. The Hall–Kier alpha value is -1.55. The van der Waals surface area contributed by atoms with Gasteiger partial charge in [0.1, 0.15) is 12.4 Å². The Morgan fingerprint density at radius 1 is 1.32 bits per heavy atom. The fraction of sp³-hybridized carbons (Fsp3) is 0.611. The first-order valence-electron chi connectivity index (χ1n) is 8.20. The van der Waals surface area contributed by atoms with Gasteiger partial charge >= 0.3 is 0 Å². The summed E-state index contributed by atoms with van der Waals surface area (Å²) >= 11 is 0. The number of hydrogen-bond donors (Lipinski definition) is 1. The number of benzene rings is 1. The third kappa shape index (κ3) is 5.68. The third-order valence-electron chi connectivity index (χ3n) is 4.24. The van der Waals surface area contributed by atoms with Gasteiger partial charge in [-0.2, -0.15) is 0 Å². The predicted octanol–water partition coefficient (Wildman–Crippen LogP) is 2.61. The van der Waals surface area contributed by atoms with Crippen molar-refractivity contribution in [2.45, 2.75) is 39.2 Å². The molecule has 1 amide bonds. The Morgan fingerprint density at radius 2 is 1.95 bits per heavy atom. The van der Waals surface area contributed by atoms with Crippen LogP contribution in [0.1, 0.15) is 31.7 Å². The molecule has 1 aliphatic rings. The van der Waals surface area contributed by atoms with E-state index in [0.29, 0.717) is 18.9 Å². The summed E-state index contributed by atoms with van der Waals surface area (Å²) in [5.41, 5.74) is 1.21. The molecule has 4 nitrogen and oxygen atoms in total. The zero-order valence-electron chi connectivity index (χ0n) is 14.0. The van der Waals surface area contributed by atoms with Gasteiger partial charge in [0.2, 0.25) is 5.91 Å². The Kier molecular flexibility index (Phi) is 6.25. The van der Waals surface area contributed by atoms with Crippen LogP contribution in [0.4, 0.5) is 0 Å². The first-order valence-corrected chi connectivity index (χ1v) is 8.20. The lowest BCUT2D eigenvalue weighted by atomic mass is 9.93. The van der Waals surface area contributed by atoms with Gasteiger partial charge in [-0.15, -0.1) is 0 Å². The van der Waals surface area contributed by atoms with Crippen LogP contribution in [0.5, 0.6) is 5.75 Å². The Balaban J connectivity index is 1.66. The quantitative estimate of drug-likeness (QED) is 0.878. The van der Waals surface area contributed by atoms with E-state index in [-0.39, 0.29) is 11.9 Å². The SMILES string of the molecule is Cc1ccc(OCC(C)NC(=O)CC2CCN(C)CC2)cc1. The van der Waals surface area contributed by atoms with Crippen molar-refractivity contribution in [2.24, 2.45) is 5.92 Å². The molecule has 1 heterocycles. The second kappa shape index (κ2) is 8.18. The summed E-state index contributed by atoms with van der Waals surface area (Å²) in [5, 5.41) is 3.04. The number of ether oxygens (including phenoxy) is 1. The molecule has 0 bridgehead atoms. The first-order chi connectivity index (χ1) is 10.5. The van der Waals surface area contributed by atoms with Crippen LogP contribution in [0.15, 0.2) is 24.3 Å². The number of likely N-dealkylation sites (tertiary alicyclic amines) is 1. The van der Waals surface area contributed by atoms with Crippen molar-refractivity contribution in [3.63, 3.8) is 0 Å². The van der Waals surface area contributed by atoms with Crippen molar-refractivity contribution in [3.8, 4) is 5.75 Å². The molecule has 1 aliphatic heterocycles. The lowest BCUT2D eigenvalue weighted by Crippen LogP contribution is -2.39. The van der Waals surface area contributed by atoms with E-state index < -0.39 is 0 Å². The van der Waals surface area contributed by atoms with Crippen LogP contribution in [-0.4, -0.2) is 43.6 Å². The highest BCUT2D eigenvalue weighted by atomic mass is 16.5. The standard InChI is InChI=1S/C18H28N2O2/c1-14-4-6-17(7-5-14)22-13-15(2)19-18(21)12-16-8-10-20(3)11-9-16/h4-7,15-16H,8-13H2,1-3H3,(H,19,21). The van der Waals surface area contributed by atoms with Crippen molar-refractivity contribution in [3.05, 3.63) is 29.8 Å². The van der Waals surface area contributed by atoms with Crippen molar-refractivity contribution in [1.29, 1.82) is 0 Å². The van der Waals surface area contributed by atoms with E-state index in [9.17, 15) is 4.79 Å². The van der Waals surface area contributed by atoms with Crippen molar-refractivity contribution in [1.82, 2.24) is 10.2 Å². The highest BCUT2D eigenvalue weighted by molar-refractivity contribution is 5.76. The molecule has 1 aromatic carbocycles. The van der Waals surface area contributed by atoms with Crippen molar-refractivity contribution in [2.75, 3.05) is 26.7 Å². The number of aryl methyl sites for hydroxylation is 1. The van der Waals surface area contributed by atoms with Gasteiger partial charge < -0.3 is 15.0 Å². The zero-order valence-corrected chi connectivity index (χ0v) is 14.0. The number of nitrogens with zero attached hydrogens (tertiary/aromatic N) is 1. The number of piperidine rings is 1. The van der Waals surface area contributed by atoms with Crippen LogP contribution in [0, 0.1) is 12.8 Å². The molecule has 0 spiro atoms. The van der Waals surface area contributed by atoms with Gasteiger partial charge in [-0.3, -0.25) is 4.79 Å². The van der Waals surface area contributed by atoms with Gasteiger partial charge in [0.15, 0.2) is 0 Å². The Morgan fingerprint density at radius 3 is 2.59 bits per heavy atom. The fourth-order valence-corrected chi connectivity index (χ4v) is 2.76.